The highest BCUT2D eigenvalue weighted by Crippen LogP contribution is 2.45. The standard InChI is InChI=1S/C17H23FN2O3/c1-16(2,3)23-15(21)20-11-7-8-12(20)10-17(22,9-11)13-5-4-6-14(18)19-13/h4-6,11-12,22H,7-10H2,1-3H3. The molecule has 126 valence electrons. The number of hydrogen-bond acceptors (Lipinski definition) is 4. The minimum atomic E-state index is -1.19. The van der Waals surface area contributed by atoms with E-state index >= 15 is 0 Å². The third-order valence-corrected chi connectivity index (χ3v) is 4.56. The number of amides is 1. The van der Waals surface area contributed by atoms with Crippen molar-refractivity contribution in [3.05, 3.63) is 29.8 Å². The van der Waals surface area contributed by atoms with Gasteiger partial charge in [0.25, 0.3) is 0 Å². The summed E-state index contributed by atoms with van der Waals surface area (Å²) in [5.74, 6) is -0.599. The second kappa shape index (κ2) is 5.44. The van der Waals surface area contributed by atoms with E-state index in [0.29, 0.717) is 18.5 Å². The van der Waals surface area contributed by atoms with Crippen LogP contribution in [-0.2, 0) is 10.3 Å². The first-order valence-corrected chi connectivity index (χ1v) is 8.05. The van der Waals surface area contributed by atoms with Crippen molar-refractivity contribution in [1.29, 1.82) is 0 Å². The van der Waals surface area contributed by atoms with Gasteiger partial charge in [0.15, 0.2) is 0 Å². The maximum absolute atomic E-state index is 13.4. The van der Waals surface area contributed by atoms with Gasteiger partial charge in [0.2, 0.25) is 5.95 Å². The Morgan fingerprint density at radius 1 is 1.35 bits per heavy atom. The molecule has 2 unspecified atom stereocenters. The van der Waals surface area contributed by atoms with E-state index in [1.807, 2.05) is 20.8 Å². The summed E-state index contributed by atoms with van der Waals surface area (Å²) in [4.78, 5) is 18.0. The first-order valence-electron chi connectivity index (χ1n) is 8.05. The Morgan fingerprint density at radius 2 is 1.96 bits per heavy atom. The summed E-state index contributed by atoms with van der Waals surface area (Å²) in [6.07, 6.45) is 2.03. The highest BCUT2D eigenvalue weighted by atomic mass is 19.1. The number of fused-ring (bicyclic) bond motifs is 2. The molecule has 2 bridgehead atoms. The zero-order valence-corrected chi connectivity index (χ0v) is 13.8. The van der Waals surface area contributed by atoms with Gasteiger partial charge in [0.1, 0.15) is 11.2 Å². The maximum atomic E-state index is 13.4. The highest BCUT2D eigenvalue weighted by Gasteiger charge is 2.51. The normalized spacial score (nSPS) is 30.4. The highest BCUT2D eigenvalue weighted by molar-refractivity contribution is 5.69. The molecule has 2 aliphatic heterocycles. The van der Waals surface area contributed by atoms with Crippen molar-refractivity contribution in [2.45, 2.75) is 69.7 Å². The minimum absolute atomic E-state index is 0.0985. The summed E-state index contributed by atoms with van der Waals surface area (Å²) in [5, 5.41) is 11.0. The Morgan fingerprint density at radius 3 is 2.48 bits per heavy atom. The lowest BCUT2D eigenvalue weighted by Crippen LogP contribution is -2.53. The van der Waals surface area contributed by atoms with Crippen molar-refractivity contribution < 1.29 is 19.0 Å². The third-order valence-electron chi connectivity index (χ3n) is 4.56. The molecule has 2 saturated heterocycles. The molecule has 1 amide bonds. The fourth-order valence-electron chi connectivity index (χ4n) is 3.71. The fourth-order valence-corrected chi connectivity index (χ4v) is 3.71. The molecule has 0 aliphatic carbocycles. The van der Waals surface area contributed by atoms with E-state index < -0.39 is 17.1 Å². The van der Waals surface area contributed by atoms with Gasteiger partial charge in [-0.05, 0) is 45.7 Å². The average molecular weight is 322 g/mol. The predicted molar refractivity (Wildman–Crippen MR) is 82.2 cm³/mol. The predicted octanol–water partition coefficient (Wildman–Crippen LogP) is 2.97. The number of carbonyl (C=O) groups excluding carboxylic acids is 1. The Hall–Kier alpha value is -1.69. The van der Waals surface area contributed by atoms with Crippen LogP contribution in [0.4, 0.5) is 9.18 Å². The van der Waals surface area contributed by atoms with Crippen LogP contribution in [0.5, 0.6) is 0 Å². The van der Waals surface area contributed by atoms with Crippen LogP contribution < -0.4 is 0 Å². The number of piperidine rings is 1. The molecule has 23 heavy (non-hydrogen) atoms. The van der Waals surface area contributed by atoms with Gasteiger partial charge in [-0.25, -0.2) is 9.78 Å². The number of carbonyl (C=O) groups is 1. The molecule has 0 radical (unpaired) electrons. The number of aromatic nitrogens is 1. The lowest BCUT2D eigenvalue weighted by Gasteiger charge is -2.43. The van der Waals surface area contributed by atoms with Crippen LogP contribution in [0.2, 0.25) is 0 Å². The number of halogens is 1. The molecule has 5 nitrogen and oxygen atoms in total. The van der Waals surface area contributed by atoms with Crippen molar-refractivity contribution >= 4 is 6.09 Å². The van der Waals surface area contributed by atoms with Crippen LogP contribution >= 0.6 is 0 Å². The molecular formula is C17H23FN2O3. The first-order chi connectivity index (χ1) is 10.7. The largest absolute Gasteiger partial charge is 0.444 e. The van der Waals surface area contributed by atoms with Crippen molar-refractivity contribution in [3.63, 3.8) is 0 Å². The van der Waals surface area contributed by atoms with Crippen molar-refractivity contribution in [3.8, 4) is 0 Å². The maximum Gasteiger partial charge on any atom is 0.410 e. The lowest BCUT2D eigenvalue weighted by atomic mass is 9.83. The molecule has 2 atom stereocenters. The lowest BCUT2D eigenvalue weighted by molar-refractivity contribution is -0.0650. The molecule has 3 rings (SSSR count). The summed E-state index contributed by atoms with van der Waals surface area (Å²) < 4.78 is 18.9. The van der Waals surface area contributed by atoms with Crippen LogP contribution in [0.3, 0.4) is 0 Å². The van der Waals surface area contributed by atoms with Crippen LogP contribution in [0.1, 0.15) is 52.1 Å². The van der Waals surface area contributed by atoms with E-state index in [0.717, 1.165) is 12.8 Å². The third kappa shape index (κ3) is 3.17. The summed E-state index contributed by atoms with van der Waals surface area (Å²) >= 11 is 0. The molecule has 3 heterocycles. The second-order valence-corrected chi connectivity index (χ2v) is 7.56. The summed E-state index contributed by atoms with van der Waals surface area (Å²) in [6, 6.07) is 4.26. The Labute approximate surface area is 135 Å². The van der Waals surface area contributed by atoms with Gasteiger partial charge < -0.3 is 14.7 Å². The fraction of sp³-hybridized carbons (Fsp3) is 0.647. The Balaban J connectivity index is 1.80. The topological polar surface area (TPSA) is 62.7 Å². The number of nitrogens with zero attached hydrogens (tertiary/aromatic N) is 2. The van der Waals surface area contributed by atoms with E-state index in [1.165, 1.54) is 6.07 Å². The van der Waals surface area contributed by atoms with Gasteiger partial charge in [0.05, 0.1) is 5.69 Å². The summed E-state index contributed by atoms with van der Waals surface area (Å²) in [7, 11) is 0. The van der Waals surface area contributed by atoms with Gasteiger partial charge in [-0.15, -0.1) is 0 Å². The van der Waals surface area contributed by atoms with Crippen molar-refractivity contribution in [1.82, 2.24) is 9.88 Å². The smallest absolute Gasteiger partial charge is 0.410 e. The van der Waals surface area contributed by atoms with Gasteiger partial charge >= 0.3 is 6.09 Å². The quantitative estimate of drug-likeness (QED) is 0.808. The molecule has 2 aliphatic rings. The zero-order valence-electron chi connectivity index (χ0n) is 13.8. The Bertz CT molecular complexity index is 600. The molecular weight excluding hydrogens is 299 g/mol. The number of rotatable bonds is 1. The van der Waals surface area contributed by atoms with Gasteiger partial charge in [-0.1, -0.05) is 6.07 Å². The number of pyridine rings is 1. The van der Waals surface area contributed by atoms with Crippen LogP contribution in [0, 0.1) is 5.95 Å². The van der Waals surface area contributed by atoms with E-state index in [4.69, 9.17) is 4.74 Å². The van der Waals surface area contributed by atoms with E-state index in [9.17, 15) is 14.3 Å². The van der Waals surface area contributed by atoms with Crippen molar-refractivity contribution in [2.75, 3.05) is 0 Å². The summed E-state index contributed by atoms with van der Waals surface area (Å²) in [5.41, 5.74) is -1.39. The van der Waals surface area contributed by atoms with E-state index in [1.54, 1.807) is 17.0 Å². The molecule has 1 N–H and O–H groups in total. The molecule has 0 aromatic carbocycles. The first kappa shape index (κ1) is 16.2. The molecule has 0 spiro atoms. The van der Waals surface area contributed by atoms with Crippen molar-refractivity contribution in [2.24, 2.45) is 0 Å². The van der Waals surface area contributed by atoms with Gasteiger partial charge in [0, 0.05) is 24.9 Å². The number of hydrogen-bond donors (Lipinski definition) is 1. The zero-order chi connectivity index (χ0) is 16.8. The van der Waals surface area contributed by atoms with Gasteiger partial charge in [-0.3, -0.25) is 0 Å². The van der Waals surface area contributed by atoms with E-state index in [2.05, 4.69) is 4.98 Å². The SMILES string of the molecule is CC(C)(C)OC(=O)N1C2CCC1CC(O)(c1cccc(F)n1)C2. The van der Waals surface area contributed by atoms with Crippen LogP contribution in [0.15, 0.2) is 18.2 Å². The number of ether oxygens (including phenoxy) is 1. The molecule has 6 heteroatoms. The molecule has 1 aromatic heterocycles. The molecule has 1 aromatic rings. The van der Waals surface area contributed by atoms with Crippen LogP contribution in [-0.4, -0.2) is 38.8 Å². The second-order valence-electron chi connectivity index (χ2n) is 7.56. The number of aliphatic hydroxyl groups is 1. The Kier molecular flexibility index (Phi) is 3.83. The monoisotopic (exact) mass is 322 g/mol. The average Bonchev–Trinajstić information content (AvgIpc) is 2.70. The molecule has 0 saturated carbocycles. The minimum Gasteiger partial charge on any atom is -0.444 e. The van der Waals surface area contributed by atoms with Gasteiger partial charge in [-0.2, -0.15) is 4.39 Å². The van der Waals surface area contributed by atoms with Crippen LogP contribution in [0.25, 0.3) is 0 Å². The molecule has 2 fully saturated rings. The van der Waals surface area contributed by atoms with E-state index in [-0.39, 0.29) is 18.2 Å². The summed E-state index contributed by atoms with van der Waals surface area (Å²) in [6.45, 7) is 5.51.